The third kappa shape index (κ3) is 1.62. The van der Waals surface area contributed by atoms with Crippen LogP contribution in [0.3, 0.4) is 0 Å². The lowest BCUT2D eigenvalue weighted by molar-refractivity contribution is 0.0668. The van der Waals surface area contributed by atoms with Gasteiger partial charge in [0.2, 0.25) is 0 Å². The predicted octanol–water partition coefficient (Wildman–Crippen LogP) is 1.60. The molecule has 17 heavy (non-hydrogen) atoms. The SMILES string of the molecule is O=C(O)c1coc(C(=O)N2CC3CCC2C3)c1. The minimum absolute atomic E-state index is 0.0257. The topological polar surface area (TPSA) is 70.7 Å². The summed E-state index contributed by atoms with van der Waals surface area (Å²) in [7, 11) is 0. The Hall–Kier alpha value is -1.78. The van der Waals surface area contributed by atoms with Gasteiger partial charge in [-0.2, -0.15) is 0 Å². The number of furan rings is 1. The minimum atomic E-state index is -1.07. The van der Waals surface area contributed by atoms with Crippen molar-refractivity contribution in [2.24, 2.45) is 5.92 Å². The van der Waals surface area contributed by atoms with E-state index in [2.05, 4.69) is 0 Å². The highest BCUT2D eigenvalue weighted by Crippen LogP contribution is 2.38. The van der Waals surface area contributed by atoms with Gasteiger partial charge in [0, 0.05) is 18.7 Å². The largest absolute Gasteiger partial charge is 0.478 e. The number of carbonyl (C=O) groups excluding carboxylic acids is 1. The molecule has 1 saturated carbocycles. The van der Waals surface area contributed by atoms with Gasteiger partial charge in [-0.15, -0.1) is 0 Å². The Morgan fingerprint density at radius 1 is 1.41 bits per heavy atom. The third-order valence-electron chi connectivity index (χ3n) is 3.73. The Kier molecular flexibility index (Phi) is 2.21. The molecular weight excluding hydrogens is 222 g/mol. The summed E-state index contributed by atoms with van der Waals surface area (Å²) in [4.78, 5) is 24.6. The van der Waals surface area contributed by atoms with E-state index < -0.39 is 5.97 Å². The highest BCUT2D eigenvalue weighted by Gasteiger charge is 2.41. The van der Waals surface area contributed by atoms with Crippen LogP contribution in [0.1, 0.15) is 40.2 Å². The Balaban J connectivity index is 1.79. The van der Waals surface area contributed by atoms with Gasteiger partial charge in [-0.1, -0.05) is 0 Å². The van der Waals surface area contributed by atoms with Crippen molar-refractivity contribution in [2.75, 3.05) is 6.54 Å². The number of hydrogen-bond donors (Lipinski definition) is 1. The number of rotatable bonds is 2. The zero-order valence-electron chi connectivity index (χ0n) is 9.26. The van der Waals surface area contributed by atoms with Crippen LogP contribution in [0.5, 0.6) is 0 Å². The molecule has 2 bridgehead atoms. The van der Waals surface area contributed by atoms with E-state index in [1.807, 2.05) is 4.90 Å². The molecule has 1 aliphatic carbocycles. The molecule has 0 spiro atoms. The number of nitrogens with zero attached hydrogens (tertiary/aromatic N) is 1. The van der Waals surface area contributed by atoms with E-state index in [1.54, 1.807) is 0 Å². The molecule has 90 valence electrons. The zero-order chi connectivity index (χ0) is 12.0. The van der Waals surface area contributed by atoms with Gasteiger partial charge in [0.05, 0.1) is 5.56 Å². The van der Waals surface area contributed by atoms with Crippen molar-refractivity contribution in [3.05, 3.63) is 23.7 Å². The van der Waals surface area contributed by atoms with E-state index in [0.717, 1.165) is 25.6 Å². The highest BCUT2D eigenvalue weighted by molar-refractivity contribution is 5.95. The number of carboxylic acid groups (broad SMARTS) is 1. The fraction of sp³-hybridized carbons (Fsp3) is 0.500. The van der Waals surface area contributed by atoms with Crippen LogP contribution in [0.25, 0.3) is 0 Å². The van der Waals surface area contributed by atoms with Crippen molar-refractivity contribution in [1.82, 2.24) is 4.90 Å². The maximum absolute atomic E-state index is 12.1. The fourth-order valence-electron chi connectivity index (χ4n) is 2.88. The van der Waals surface area contributed by atoms with Gasteiger partial charge >= 0.3 is 5.97 Å². The first-order chi connectivity index (χ1) is 8.15. The molecule has 1 aromatic heterocycles. The van der Waals surface area contributed by atoms with E-state index in [-0.39, 0.29) is 17.2 Å². The molecule has 2 aliphatic rings. The Morgan fingerprint density at radius 2 is 2.24 bits per heavy atom. The van der Waals surface area contributed by atoms with Crippen molar-refractivity contribution in [2.45, 2.75) is 25.3 Å². The summed E-state index contributed by atoms with van der Waals surface area (Å²) in [6, 6.07) is 1.63. The number of piperidine rings is 1. The molecule has 3 rings (SSSR count). The van der Waals surface area contributed by atoms with Crippen LogP contribution in [0.15, 0.2) is 16.7 Å². The zero-order valence-corrected chi connectivity index (χ0v) is 9.26. The lowest BCUT2D eigenvalue weighted by atomic mass is 10.1. The lowest BCUT2D eigenvalue weighted by Crippen LogP contribution is -2.37. The maximum Gasteiger partial charge on any atom is 0.338 e. The smallest absolute Gasteiger partial charge is 0.338 e. The first-order valence-corrected chi connectivity index (χ1v) is 5.78. The van der Waals surface area contributed by atoms with Crippen LogP contribution in [-0.4, -0.2) is 34.5 Å². The Morgan fingerprint density at radius 3 is 2.76 bits per heavy atom. The molecule has 2 heterocycles. The average molecular weight is 235 g/mol. The molecule has 5 nitrogen and oxygen atoms in total. The summed E-state index contributed by atoms with van der Waals surface area (Å²) in [6.07, 6.45) is 4.46. The molecule has 1 aromatic rings. The standard InChI is InChI=1S/C12H13NO4/c14-11(10-4-8(6-17-10)12(15)16)13-5-7-1-2-9(13)3-7/h4,6-7,9H,1-3,5H2,(H,15,16). The van der Waals surface area contributed by atoms with Gasteiger partial charge in [0.1, 0.15) is 6.26 Å². The number of amides is 1. The lowest BCUT2D eigenvalue weighted by Gasteiger charge is -2.25. The van der Waals surface area contributed by atoms with Gasteiger partial charge in [-0.25, -0.2) is 4.79 Å². The number of aromatic carboxylic acids is 1. The number of carbonyl (C=O) groups is 2. The van der Waals surface area contributed by atoms with E-state index in [4.69, 9.17) is 9.52 Å². The molecule has 2 fully saturated rings. The quantitative estimate of drug-likeness (QED) is 0.845. The van der Waals surface area contributed by atoms with Crippen LogP contribution in [0.2, 0.25) is 0 Å². The first kappa shape index (κ1) is 10.4. The molecule has 2 atom stereocenters. The highest BCUT2D eigenvalue weighted by atomic mass is 16.4. The van der Waals surface area contributed by atoms with Crippen molar-refractivity contribution in [1.29, 1.82) is 0 Å². The number of hydrogen-bond acceptors (Lipinski definition) is 3. The summed E-state index contributed by atoms with van der Waals surface area (Å²) < 4.78 is 5.04. The van der Waals surface area contributed by atoms with Crippen LogP contribution < -0.4 is 0 Å². The summed E-state index contributed by atoms with van der Waals surface area (Å²) in [5, 5.41) is 8.77. The van der Waals surface area contributed by atoms with E-state index in [1.165, 1.54) is 12.5 Å². The second-order valence-corrected chi connectivity index (χ2v) is 4.80. The van der Waals surface area contributed by atoms with Gasteiger partial charge in [-0.05, 0) is 25.2 Å². The van der Waals surface area contributed by atoms with Crippen LogP contribution in [0, 0.1) is 5.92 Å². The molecule has 1 saturated heterocycles. The first-order valence-electron chi connectivity index (χ1n) is 5.78. The molecule has 1 amide bonds. The second kappa shape index (κ2) is 3.61. The average Bonchev–Trinajstić information content (AvgIpc) is 3.03. The van der Waals surface area contributed by atoms with Crippen molar-refractivity contribution in [3.63, 3.8) is 0 Å². The van der Waals surface area contributed by atoms with Gasteiger partial charge in [0.25, 0.3) is 5.91 Å². The monoisotopic (exact) mass is 235 g/mol. The summed E-state index contributed by atoms with van der Waals surface area (Å²) in [5.41, 5.74) is 0.0257. The normalized spacial score (nSPS) is 26.5. The molecule has 0 radical (unpaired) electrons. The van der Waals surface area contributed by atoms with E-state index >= 15 is 0 Å². The predicted molar refractivity (Wildman–Crippen MR) is 57.8 cm³/mol. The van der Waals surface area contributed by atoms with Gasteiger partial charge in [-0.3, -0.25) is 4.79 Å². The van der Waals surface area contributed by atoms with Gasteiger partial charge < -0.3 is 14.4 Å². The number of carboxylic acids is 1. The van der Waals surface area contributed by atoms with Crippen LogP contribution in [0.4, 0.5) is 0 Å². The molecule has 1 aliphatic heterocycles. The van der Waals surface area contributed by atoms with E-state index in [0.29, 0.717) is 12.0 Å². The van der Waals surface area contributed by atoms with Crippen LogP contribution >= 0.6 is 0 Å². The van der Waals surface area contributed by atoms with Gasteiger partial charge in [0.15, 0.2) is 5.76 Å². The number of likely N-dealkylation sites (tertiary alicyclic amines) is 1. The Labute approximate surface area is 98.0 Å². The fourth-order valence-corrected chi connectivity index (χ4v) is 2.88. The molecule has 2 unspecified atom stereocenters. The van der Waals surface area contributed by atoms with Crippen molar-refractivity contribution < 1.29 is 19.1 Å². The molecule has 1 N–H and O–H groups in total. The Bertz CT molecular complexity index is 479. The summed E-state index contributed by atoms with van der Waals surface area (Å²) in [6.45, 7) is 0.784. The number of fused-ring (bicyclic) bond motifs is 2. The maximum atomic E-state index is 12.1. The molecular formula is C12H13NO4. The summed E-state index contributed by atoms with van der Waals surface area (Å²) in [5.74, 6) is -0.492. The van der Waals surface area contributed by atoms with Crippen molar-refractivity contribution in [3.8, 4) is 0 Å². The van der Waals surface area contributed by atoms with E-state index in [9.17, 15) is 9.59 Å². The minimum Gasteiger partial charge on any atom is -0.478 e. The van der Waals surface area contributed by atoms with Crippen LogP contribution in [-0.2, 0) is 0 Å². The molecule has 0 aromatic carbocycles. The second-order valence-electron chi connectivity index (χ2n) is 4.80. The third-order valence-corrected chi connectivity index (χ3v) is 3.73. The van der Waals surface area contributed by atoms with Crippen molar-refractivity contribution >= 4 is 11.9 Å². The molecule has 5 heteroatoms. The summed E-state index contributed by atoms with van der Waals surface area (Å²) >= 11 is 0.